The van der Waals surface area contributed by atoms with Gasteiger partial charge in [0, 0.05) is 7.05 Å². The van der Waals surface area contributed by atoms with Gasteiger partial charge in [-0.15, -0.1) is 12.2 Å². The van der Waals surface area contributed by atoms with Crippen LogP contribution in [0.5, 0.6) is 0 Å². The highest BCUT2D eigenvalue weighted by atomic mass is 16.5. The fourth-order valence-corrected chi connectivity index (χ4v) is 1.97. The van der Waals surface area contributed by atoms with Gasteiger partial charge in [0.15, 0.2) is 11.4 Å². The molecule has 0 atom stereocenters. The lowest BCUT2D eigenvalue weighted by molar-refractivity contribution is 0.00186. The Morgan fingerprint density at radius 1 is 1.27 bits per heavy atom. The largest absolute Gasteiger partial charge is 0.415 e. The first-order valence-electron chi connectivity index (χ1n) is 7.40. The van der Waals surface area contributed by atoms with Gasteiger partial charge >= 0.3 is 6.92 Å². The number of nitrogens with zero attached hydrogens (tertiary/aromatic N) is 1. The first-order chi connectivity index (χ1) is 10.2. The molecular formula is C17H23BN2O2. The molecule has 0 radical (unpaired) electrons. The Balaban J connectivity index is 2.38. The molecule has 2 aromatic rings. The van der Waals surface area contributed by atoms with Gasteiger partial charge < -0.3 is 14.5 Å². The zero-order chi connectivity index (χ0) is 16.5. The summed E-state index contributed by atoms with van der Waals surface area (Å²) in [5.41, 5.74) is 1.25. The summed E-state index contributed by atoms with van der Waals surface area (Å²) in [6.45, 7) is 10.1. The second-order valence-electron chi connectivity index (χ2n) is 6.96. The van der Waals surface area contributed by atoms with E-state index in [9.17, 15) is 0 Å². The van der Waals surface area contributed by atoms with Crippen LogP contribution in [0.4, 0.5) is 5.82 Å². The third kappa shape index (κ3) is 2.98. The molecule has 0 aliphatic heterocycles. The first-order valence-corrected chi connectivity index (χ1v) is 7.40. The molecule has 1 aromatic carbocycles. The molecule has 1 heterocycles. The molecule has 0 unspecified atom stereocenters. The van der Waals surface area contributed by atoms with Gasteiger partial charge in [-0.1, -0.05) is 32.0 Å². The molecular weight excluding hydrogens is 275 g/mol. The second-order valence-corrected chi connectivity index (χ2v) is 6.96. The average molecular weight is 298 g/mol. The van der Waals surface area contributed by atoms with E-state index in [4.69, 9.17) is 15.6 Å². The molecule has 0 aliphatic rings. The van der Waals surface area contributed by atoms with Crippen molar-refractivity contribution >= 4 is 29.2 Å². The number of hydrogen-bond donors (Lipinski definition) is 1. The zero-order valence-electron chi connectivity index (χ0n) is 14.2. The van der Waals surface area contributed by atoms with E-state index in [1.165, 1.54) is 0 Å². The minimum Gasteiger partial charge on any atom is -0.415 e. The summed E-state index contributed by atoms with van der Waals surface area (Å²) in [5, 5.41) is 7.89. The van der Waals surface area contributed by atoms with E-state index in [2.05, 4.69) is 50.9 Å². The predicted molar refractivity (Wildman–Crippen MR) is 92.4 cm³/mol. The van der Waals surface area contributed by atoms with Crippen molar-refractivity contribution in [1.82, 2.24) is 5.16 Å². The van der Waals surface area contributed by atoms with Crippen molar-refractivity contribution in [2.45, 2.75) is 40.2 Å². The quantitative estimate of drug-likeness (QED) is 0.696. The van der Waals surface area contributed by atoms with E-state index in [0.717, 1.165) is 16.4 Å². The summed E-state index contributed by atoms with van der Waals surface area (Å²) >= 11 is 0. The normalized spacial score (nSPS) is 12.2. The molecule has 116 valence electrons. The molecule has 4 nitrogen and oxygen atoms in total. The highest BCUT2D eigenvalue weighted by Crippen LogP contribution is 2.33. The van der Waals surface area contributed by atoms with Crippen LogP contribution in [0, 0.1) is 17.7 Å². The number of aromatic nitrogens is 1. The maximum Gasteiger partial charge on any atom is 0.415 e. The van der Waals surface area contributed by atoms with Crippen molar-refractivity contribution in [2.24, 2.45) is 5.41 Å². The van der Waals surface area contributed by atoms with E-state index in [0.29, 0.717) is 5.82 Å². The third-order valence-electron chi connectivity index (χ3n) is 4.40. The minimum atomic E-state index is -0.418. The molecule has 0 fully saturated rings. The van der Waals surface area contributed by atoms with Gasteiger partial charge in [0.1, 0.15) is 0 Å². The van der Waals surface area contributed by atoms with Crippen LogP contribution in [0.25, 0.3) is 11.0 Å². The minimum absolute atomic E-state index is 0.0282. The van der Waals surface area contributed by atoms with Crippen molar-refractivity contribution in [3.05, 3.63) is 18.2 Å². The van der Waals surface area contributed by atoms with Crippen LogP contribution in [0.15, 0.2) is 22.7 Å². The smallest absolute Gasteiger partial charge is 0.415 e. The molecule has 0 saturated heterocycles. The summed E-state index contributed by atoms with van der Waals surface area (Å²) in [6, 6.07) is 5.77. The van der Waals surface area contributed by atoms with E-state index in [-0.39, 0.29) is 11.0 Å². The molecule has 5 heteroatoms. The first kappa shape index (κ1) is 16.4. The van der Waals surface area contributed by atoms with Crippen LogP contribution < -0.4 is 10.8 Å². The van der Waals surface area contributed by atoms with Crippen LogP contribution >= 0.6 is 0 Å². The number of rotatable bonds is 4. The fraction of sp³-hybridized carbons (Fsp3) is 0.471. The predicted octanol–water partition coefficient (Wildman–Crippen LogP) is 3.08. The van der Waals surface area contributed by atoms with E-state index < -0.39 is 6.92 Å². The molecule has 1 aromatic heterocycles. The van der Waals surface area contributed by atoms with Crippen LogP contribution in [0.3, 0.4) is 0 Å². The highest BCUT2D eigenvalue weighted by Gasteiger charge is 2.37. The maximum atomic E-state index is 6.23. The third-order valence-corrected chi connectivity index (χ3v) is 4.40. The van der Waals surface area contributed by atoms with E-state index >= 15 is 0 Å². The van der Waals surface area contributed by atoms with Gasteiger partial charge in [0.05, 0.1) is 11.0 Å². The summed E-state index contributed by atoms with van der Waals surface area (Å²) in [5.74, 6) is 3.44. The lowest BCUT2D eigenvalue weighted by Gasteiger charge is -2.40. The van der Waals surface area contributed by atoms with Gasteiger partial charge in [-0.2, -0.15) is 0 Å². The molecule has 0 aliphatic carbocycles. The van der Waals surface area contributed by atoms with Gasteiger partial charge in [-0.3, -0.25) is 0 Å². The number of nitrogens with one attached hydrogen (secondary N) is 1. The zero-order valence-corrected chi connectivity index (χ0v) is 14.2. The number of benzene rings is 1. The molecule has 0 saturated carbocycles. The van der Waals surface area contributed by atoms with Gasteiger partial charge in [0.25, 0.3) is 0 Å². The number of hydrogen-bond acceptors (Lipinski definition) is 4. The van der Waals surface area contributed by atoms with Crippen molar-refractivity contribution in [2.75, 3.05) is 12.4 Å². The van der Waals surface area contributed by atoms with Crippen LogP contribution in [-0.4, -0.2) is 24.7 Å². The van der Waals surface area contributed by atoms with Crippen molar-refractivity contribution in [3.63, 3.8) is 0 Å². The Hall–Kier alpha value is -1.93. The van der Waals surface area contributed by atoms with Gasteiger partial charge in [0.2, 0.25) is 0 Å². The lowest BCUT2D eigenvalue weighted by Crippen LogP contribution is -2.47. The number of terminal acetylenes is 1. The molecule has 2 rings (SSSR count). The Labute approximate surface area is 132 Å². The Morgan fingerprint density at radius 2 is 1.95 bits per heavy atom. The Bertz CT molecular complexity index is 707. The van der Waals surface area contributed by atoms with Crippen molar-refractivity contribution in [3.8, 4) is 12.2 Å². The van der Waals surface area contributed by atoms with Crippen LogP contribution in [0.1, 0.15) is 34.6 Å². The number of anilines is 1. The van der Waals surface area contributed by atoms with Crippen LogP contribution in [0.2, 0.25) is 0 Å². The summed E-state index contributed by atoms with van der Waals surface area (Å²) < 4.78 is 11.5. The van der Waals surface area contributed by atoms with Gasteiger partial charge in [-0.05, 0) is 36.9 Å². The second kappa shape index (κ2) is 5.70. The standard InChI is InChI=1S/C17H23BN2O2/c1-8-18(22-17(5,6)16(2,3)4)12-9-10-14-13(11-12)15(19-7)20-21-14/h1,9-11H,2-7H3,(H,19,20). The van der Waals surface area contributed by atoms with E-state index in [1.54, 1.807) is 0 Å². The Morgan fingerprint density at radius 3 is 2.50 bits per heavy atom. The van der Waals surface area contributed by atoms with Crippen LogP contribution in [-0.2, 0) is 4.65 Å². The maximum absolute atomic E-state index is 6.23. The van der Waals surface area contributed by atoms with Gasteiger partial charge in [-0.25, -0.2) is 0 Å². The molecule has 22 heavy (non-hydrogen) atoms. The lowest BCUT2D eigenvalue weighted by atomic mass is 9.60. The molecule has 1 N–H and O–H groups in total. The fourth-order valence-electron chi connectivity index (χ4n) is 1.97. The molecule has 0 bridgehead atoms. The summed E-state index contributed by atoms with van der Waals surface area (Å²) in [6.07, 6.45) is 5.72. The van der Waals surface area contributed by atoms with E-state index in [1.807, 2.05) is 25.2 Å². The molecule has 0 spiro atoms. The molecule has 0 amide bonds. The average Bonchev–Trinajstić information content (AvgIpc) is 2.85. The Kier molecular flexibility index (Phi) is 4.26. The topological polar surface area (TPSA) is 47.3 Å². The van der Waals surface area contributed by atoms with Crippen molar-refractivity contribution < 1.29 is 9.18 Å². The summed E-state index contributed by atoms with van der Waals surface area (Å²) in [7, 11) is 1.81. The number of fused-ring (bicyclic) bond motifs is 1. The highest BCUT2D eigenvalue weighted by molar-refractivity contribution is 6.75. The van der Waals surface area contributed by atoms with Crippen molar-refractivity contribution in [1.29, 1.82) is 0 Å². The summed E-state index contributed by atoms with van der Waals surface area (Å²) in [4.78, 5) is 0. The SMILES string of the molecule is C#CB(OC(C)(C)C(C)(C)C)c1ccc2onc(NC)c2c1. The monoisotopic (exact) mass is 298 g/mol.